The Bertz CT molecular complexity index is 1640. The number of benzene rings is 1. The molecule has 40 heavy (non-hydrogen) atoms. The molecule has 1 N–H and O–H groups in total. The van der Waals surface area contributed by atoms with Gasteiger partial charge < -0.3 is 14.6 Å². The molecule has 0 spiro atoms. The average molecular weight is 566 g/mol. The van der Waals surface area contributed by atoms with Crippen molar-refractivity contribution in [1.82, 2.24) is 33.9 Å². The minimum atomic E-state index is -3.75. The lowest BCUT2D eigenvalue weighted by molar-refractivity contribution is 0.222. The fourth-order valence-electron chi connectivity index (χ4n) is 4.82. The summed E-state index contributed by atoms with van der Waals surface area (Å²) in [6.07, 6.45) is 3.99. The second-order valence-corrected chi connectivity index (χ2v) is 11.9. The van der Waals surface area contributed by atoms with Gasteiger partial charge in [0, 0.05) is 32.4 Å². The minimum Gasteiger partial charge on any atom is -0.493 e. The van der Waals surface area contributed by atoms with Gasteiger partial charge in [-0.05, 0) is 50.2 Å². The van der Waals surface area contributed by atoms with Gasteiger partial charge in [-0.15, -0.1) is 0 Å². The molecule has 212 valence electrons. The Kier molecular flexibility index (Phi) is 8.29. The molecule has 4 aromatic rings. The van der Waals surface area contributed by atoms with Crippen molar-refractivity contribution in [2.75, 3.05) is 39.8 Å². The summed E-state index contributed by atoms with van der Waals surface area (Å²) in [5.41, 5.74) is 2.40. The number of piperazine rings is 1. The number of pyridine rings is 1. The standard InChI is InChI=1S/C28H35N7O4S/c1-4-8-23-25-26(32-35(23)19-20-9-6-7-12-29-20)28(36)31-27(30-25)22-18-21(10-11-24(22)39-17-5-2)40(37,38)34-15-13-33(3)14-16-34/h6-7,9-12,18H,4-5,8,13-17,19H2,1-3H3,(H,30,31,36). The number of hydrogen-bond acceptors (Lipinski definition) is 8. The average Bonchev–Trinajstić information content (AvgIpc) is 3.30. The lowest BCUT2D eigenvalue weighted by Gasteiger charge is -2.31. The predicted octanol–water partition coefficient (Wildman–Crippen LogP) is 2.91. The first-order valence-electron chi connectivity index (χ1n) is 13.7. The third-order valence-electron chi connectivity index (χ3n) is 6.99. The summed E-state index contributed by atoms with van der Waals surface area (Å²) >= 11 is 0. The molecular formula is C28H35N7O4S. The van der Waals surface area contributed by atoms with E-state index < -0.39 is 15.6 Å². The largest absolute Gasteiger partial charge is 0.493 e. The third kappa shape index (κ3) is 5.65. The first kappa shape index (κ1) is 27.9. The minimum absolute atomic E-state index is 0.137. The Hall–Kier alpha value is -3.61. The van der Waals surface area contributed by atoms with Crippen LogP contribution in [0.25, 0.3) is 22.4 Å². The zero-order valence-corrected chi connectivity index (χ0v) is 23.9. The van der Waals surface area contributed by atoms with Crippen molar-refractivity contribution < 1.29 is 13.2 Å². The molecule has 1 fully saturated rings. The van der Waals surface area contributed by atoms with E-state index in [1.165, 1.54) is 4.31 Å². The van der Waals surface area contributed by atoms with E-state index in [2.05, 4.69) is 26.9 Å². The van der Waals surface area contributed by atoms with E-state index in [1.54, 1.807) is 29.1 Å². The molecule has 0 amide bonds. The maximum atomic E-state index is 13.6. The third-order valence-corrected chi connectivity index (χ3v) is 8.89. The summed E-state index contributed by atoms with van der Waals surface area (Å²) in [6.45, 7) is 7.05. The smallest absolute Gasteiger partial charge is 0.279 e. The van der Waals surface area contributed by atoms with Crippen LogP contribution in [0.3, 0.4) is 0 Å². The maximum Gasteiger partial charge on any atom is 0.279 e. The predicted molar refractivity (Wildman–Crippen MR) is 153 cm³/mol. The molecule has 0 aliphatic carbocycles. The summed E-state index contributed by atoms with van der Waals surface area (Å²) in [4.78, 5) is 27.6. The van der Waals surface area contributed by atoms with Crippen LogP contribution in [0, 0.1) is 0 Å². The van der Waals surface area contributed by atoms with Gasteiger partial charge in [0.2, 0.25) is 10.0 Å². The summed E-state index contributed by atoms with van der Waals surface area (Å²) in [5.74, 6) is 0.702. The number of nitrogens with zero attached hydrogens (tertiary/aromatic N) is 6. The van der Waals surface area contributed by atoms with Gasteiger partial charge in [0.15, 0.2) is 5.52 Å². The van der Waals surface area contributed by atoms with Crippen LogP contribution in [0.1, 0.15) is 38.1 Å². The van der Waals surface area contributed by atoms with E-state index in [-0.39, 0.29) is 16.2 Å². The molecule has 12 heteroatoms. The second kappa shape index (κ2) is 11.9. The Labute approximate surface area is 233 Å². The van der Waals surface area contributed by atoms with Gasteiger partial charge in [0.1, 0.15) is 17.1 Å². The molecule has 1 aliphatic rings. The molecular weight excluding hydrogens is 530 g/mol. The van der Waals surface area contributed by atoms with Gasteiger partial charge in [0.25, 0.3) is 5.56 Å². The number of aryl methyl sites for hydroxylation is 1. The van der Waals surface area contributed by atoms with E-state index in [1.807, 2.05) is 32.2 Å². The molecule has 4 heterocycles. The van der Waals surface area contributed by atoms with Crippen molar-refractivity contribution in [3.8, 4) is 17.1 Å². The van der Waals surface area contributed by atoms with Gasteiger partial charge in [-0.3, -0.25) is 14.5 Å². The highest BCUT2D eigenvalue weighted by Crippen LogP contribution is 2.32. The Morgan fingerprint density at radius 2 is 1.82 bits per heavy atom. The fourth-order valence-corrected chi connectivity index (χ4v) is 6.27. The summed E-state index contributed by atoms with van der Waals surface area (Å²) in [5, 5.41) is 4.59. The van der Waals surface area contributed by atoms with Crippen LogP contribution in [0.15, 0.2) is 52.3 Å². The summed E-state index contributed by atoms with van der Waals surface area (Å²) in [6, 6.07) is 10.4. The first-order chi connectivity index (χ1) is 19.3. The van der Waals surface area contributed by atoms with Crippen molar-refractivity contribution in [2.24, 2.45) is 0 Å². The number of likely N-dealkylation sites (N-methyl/N-ethyl adjacent to an activating group) is 1. The van der Waals surface area contributed by atoms with Crippen LogP contribution in [0.2, 0.25) is 0 Å². The van der Waals surface area contributed by atoms with Gasteiger partial charge in [0.05, 0.1) is 35.0 Å². The van der Waals surface area contributed by atoms with E-state index in [0.29, 0.717) is 62.6 Å². The van der Waals surface area contributed by atoms with Gasteiger partial charge in [-0.25, -0.2) is 13.4 Å². The topological polar surface area (TPSA) is 126 Å². The van der Waals surface area contributed by atoms with Crippen molar-refractivity contribution in [3.63, 3.8) is 0 Å². The molecule has 1 aliphatic heterocycles. The molecule has 3 aromatic heterocycles. The number of sulfonamides is 1. The molecule has 0 unspecified atom stereocenters. The van der Waals surface area contributed by atoms with Gasteiger partial charge in [-0.2, -0.15) is 9.40 Å². The Balaban J connectivity index is 1.62. The van der Waals surface area contributed by atoms with Crippen LogP contribution in [0.4, 0.5) is 0 Å². The lowest BCUT2D eigenvalue weighted by Crippen LogP contribution is -2.47. The first-order valence-corrected chi connectivity index (χ1v) is 15.1. The molecule has 0 saturated carbocycles. The number of aromatic nitrogens is 5. The lowest BCUT2D eigenvalue weighted by atomic mass is 10.1. The quantitative estimate of drug-likeness (QED) is 0.311. The second-order valence-electron chi connectivity index (χ2n) is 10.0. The van der Waals surface area contributed by atoms with E-state index in [4.69, 9.17) is 9.72 Å². The number of aromatic amines is 1. The van der Waals surface area contributed by atoms with Crippen molar-refractivity contribution in [3.05, 3.63) is 64.3 Å². The van der Waals surface area contributed by atoms with Crippen LogP contribution < -0.4 is 10.3 Å². The normalized spacial score (nSPS) is 15.1. The van der Waals surface area contributed by atoms with Crippen LogP contribution in [-0.4, -0.2) is 82.2 Å². The van der Waals surface area contributed by atoms with Crippen LogP contribution in [0.5, 0.6) is 5.75 Å². The molecule has 11 nitrogen and oxygen atoms in total. The molecule has 1 aromatic carbocycles. The molecule has 1 saturated heterocycles. The molecule has 5 rings (SSSR count). The van der Waals surface area contributed by atoms with Crippen LogP contribution in [-0.2, 0) is 23.0 Å². The highest BCUT2D eigenvalue weighted by Gasteiger charge is 2.29. The van der Waals surface area contributed by atoms with Crippen molar-refractivity contribution >= 4 is 21.1 Å². The number of hydrogen-bond donors (Lipinski definition) is 1. The monoisotopic (exact) mass is 565 g/mol. The molecule has 0 atom stereocenters. The number of fused-ring (bicyclic) bond motifs is 1. The van der Waals surface area contributed by atoms with Gasteiger partial charge in [-0.1, -0.05) is 26.3 Å². The van der Waals surface area contributed by atoms with Crippen LogP contribution >= 0.6 is 0 Å². The highest BCUT2D eigenvalue weighted by atomic mass is 32.2. The molecule has 0 bridgehead atoms. The number of H-pyrrole nitrogens is 1. The Morgan fingerprint density at radius 3 is 2.52 bits per heavy atom. The van der Waals surface area contributed by atoms with E-state index in [9.17, 15) is 13.2 Å². The van der Waals surface area contributed by atoms with E-state index in [0.717, 1.165) is 24.2 Å². The summed E-state index contributed by atoms with van der Waals surface area (Å²) < 4.78 is 36.4. The zero-order valence-electron chi connectivity index (χ0n) is 23.1. The SMILES string of the molecule is CCCOc1ccc(S(=O)(=O)N2CCN(C)CC2)cc1-c1nc2c(CCC)n(Cc3ccccn3)nc2c(=O)[nH]1. The van der Waals surface area contributed by atoms with Gasteiger partial charge >= 0.3 is 0 Å². The number of rotatable bonds is 10. The highest BCUT2D eigenvalue weighted by molar-refractivity contribution is 7.89. The van der Waals surface area contributed by atoms with E-state index >= 15 is 0 Å². The zero-order chi connectivity index (χ0) is 28.3. The maximum absolute atomic E-state index is 13.6. The van der Waals surface area contributed by atoms with Crippen molar-refractivity contribution in [2.45, 2.75) is 44.6 Å². The number of nitrogens with one attached hydrogen (secondary N) is 1. The Morgan fingerprint density at radius 1 is 1.02 bits per heavy atom. The van der Waals surface area contributed by atoms with Crippen molar-refractivity contribution in [1.29, 1.82) is 0 Å². The fraction of sp³-hybridized carbons (Fsp3) is 0.429. The summed E-state index contributed by atoms with van der Waals surface area (Å²) in [7, 11) is -1.77. The number of ether oxygens (including phenoxy) is 1. The molecule has 0 radical (unpaired) electrons.